The molecule has 0 saturated carbocycles. The Morgan fingerprint density at radius 2 is 1.81 bits per heavy atom. The van der Waals surface area contributed by atoms with Crippen molar-refractivity contribution in [3.05, 3.63) is 35.4 Å². The summed E-state index contributed by atoms with van der Waals surface area (Å²) in [4.78, 5) is 16.0. The second-order valence-corrected chi connectivity index (χ2v) is 5.83. The van der Waals surface area contributed by atoms with Crippen LogP contribution >= 0.6 is 0 Å². The van der Waals surface area contributed by atoms with Gasteiger partial charge in [-0.1, -0.05) is 18.2 Å². The molecule has 1 amide bonds. The zero-order chi connectivity index (χ0) is 15.8. The third-order valence-corrected chi connectivity index (χ3v) is 2.80. The van der Waals surface area contributed by atoms with Crippen molar-refractivity contribution in [1.82, 2.24) is 10.6 Å². The Labute approximate surface area is 120 Å². The van der Waals surface area contributed by atoms with E-state index in [1.54, 1.807) is 0 Å². The van der Waals surface area contributed by atoms with Crippen molar-refractivity contribution >= 4 is 11.9 Å². The number of nitrogens with one attached hydrogen (secondary N) is 2. The highest BCUT2D eigenvalue weighted by molar-refractivity contribution is 6.05. The molecule has 0 bridgehead atoms. The third kappa shape index (κ3) is 3.53. The van der Waals surface area contributed by atoms with Crippen LogP contribution in [-0.4, -0.2) is 17.4 Å². The zero-order valence-corrected chi connectivity index (χ0v) is 11.9. The van der Waals surface area contributed by atoms with Crippen LogP contribution in [0, 0.1) is 0 Å². The van der Waals surface area contributed by atoms with E-state index in [0.717, 1.165) is 6.07 Å². The van der Waals surface area contributed by atoms with Gasteiger partial charge in [0.05, 0.1) is 5.56 Å². The highest BCUT2D eigenvalue weighted by Gasteiger charge is 2.39. The van der Waals surface area contributed by atoms with Crippen molar-refractivity contribution in [3.8, 4) is 0 Å². The Bertz CT molecular complexity index is 588. The number of carbonyl (C=O) groups is 1. The topological polar surface area (TPSA) is 53.5 Å². The van der Waals surface area contributed by atoms with Gasteiger partial charge in [-0.2, -0.15) is 13.2 Å². The first kappa shape index (κ1) is 15.3. The molecule has 1 unspecified atom stereocenters. The molecule has 0 spiro atoms. The molecule has 0 aliphatic carbocycles. The number of rotatable bonds is 1. The van der Waals surface area contributed by atoms with Crippen LogP contribution in [-0.2, 0) is 11.0 Å². The summed E-state index contributed by atoms with van der Waals surface area (Å²) in [5, 5.41) is 5.41. The van der Waals surface area contributed by atoms with E-state index in [1.807, 2.05) is 20.8 Å². The quantitative estimate of drug-likeness (QED) is 0.837. The van der Waals surface area contributed by atoms with Crippen LogP contribution in [0.25, 0.3) is 0 Å². The molecule has 1 aliphatic rings. The van der Waals surface area contributed by atoms with E-state index in [9.17, 15) is 18.0 Å². The van der Waals surface area contributed by atoms with Gasteiger partial charge in [-0.05, 0) is 32.4 Å². The number of halogens is 3. The highest BCUT2D eigenvalue weighted by Crippen LogP contribution is 2.36. The Morgan fingerprint density at radius 3 is 2.38 bits per heavy atom. The number of aliphatic imine (C=N–C) groups is 1. The van der Waals surface area contributed by atoms with Gasteiger partial charge in [0.25, 0.3) is 5.91 Å². The molecule has 4 nitrogen and oxygen atoms in total. The summed E-state index contributed by atoms with van der Waals surface area (Å²) in [5.41, 5.74) is -1.34. The summed E-state index contributed by atoms with van der Waals surface area (Å²) in [6, 6.07) is 3.79. The van der Waals surface area contributed by atoms with Gasteiger partial charge >= 0.3 is 6.18 Å². The molecule has 7 heteroatoms. The highest BCUT2D eigenvalue weighted by atomic mass is 19.4. The summed E-state index contributed by atoms with van der Waals surface area (Å²) >= 11 is 0. The predicted molar refractivity (Wildman–Crippen MR) is 72.7 cm³/mol. The minimum atomic E-state index is -4.52. The van der Waals surface area contributed by atoms with Gasteiger partial charge in [0.15, 0.2) is 12.0 Å². The molecule has 1 aliphatic heterocycles. The van der Waals surface area contributed by atoms with Gasteiger partial charge in [0.2, 0.25) is 0 Å². The molecule has 1 aromatic carbocycles. The lowest BCUT2D eigenvalue weighted by atomic mass is 10.0. The summed E-state index contributed by atoms with van der Waals surface area (Å²) in [6.45, 7) is 5.58. The molecule has 1 heterocycles. The number of hydrogen-bond acceptors (Lipinski definition) is 3. The number of guanidine groups is 1. The SMILES string of the molecule is CC(C)(C)NC1=NC(c2ccccc2C(F)(F)F)C(=O)N1. The Balaban J connectivity index is 2.37. The first-order valence-corrected chi connectivity index (χ1v) is 6.41. The van der Waals surface area contributed by atoms with E-state index in [-0.39, 0.29) is 17.1 Å². The minimum absolute atomic E-state index is 0.145. The van der Waals surface area contributed by atoms with E-state index >= 15 is 0 Å². The first-order chi connectivity index (χ1) is 9.58. The molecular formula is C14H16F3N3O. The van der Waals surface area contributed by atoms with E-state index in [4.69, 9.17) is 0 Å². The average molecular weight is 299 g/mol. The molecule has 0 fully saturated rings. The number of nitrogens with zero attached hydrogens (tertiary/aromatic N) is 1. The number of hydrogen-bond donors (Lipinski definition) is 2. The lowest BCUT2D eigenvalue weighted by Crippen LogP contribution is -2.46. The lowest BCUT2D eigenvalue weighted by molar-refractivity contribution is -0.138. The molecule has 2 rings (SSSR count). The van der Waals surface area contributed by atoms with Gasteiger partial charge in [0, 0.05) is 5.54 Å². The molecular weight excluding hydrogens is 283 g/mol. The minimum Gasteiger partial charge on any atom is -0.351 e. The van der Waals surface area contributed by atoms with Crippen molar-refractivity contribution in [3.63, 3.8) is 0 Å². The van der Waals surface area contributed by atoms with Crippen LogP contribution in [0.4, 0.5) is 13.2 Å². The van der Waals surface area contributed by atoms with Crippen molar-refractivity contribution in [1.29, 1.82) is 0 Å². The molecule has 21 heavy (non-hydrogen) atoms. The van der Waals surface area contributed by atoms with Crippen molar-refractivity contribution < 1.29 is 18.0 Å². The lowest BCUT2D eigenvalue weighted by Gasteiger charge is -2.21. The van der Waals surface area contributed by atoms with Gasteiger partial charge in [-0.3, -0.25) is 10.1 Å². The summed E-state index contributed by atoms with van der Waals surface area (Å²) in [5.74, 6) is -0.382. The molecule has 2 N–H and O–H groups in total. The fourth-order valence-electron chi connectivity index (χ4n) is 2.03. The summed E-state index contributed by atoms with van der Waals surface area (Å²) in [6.07, 6.45) is -4.52. The number of carbonyl (C=O) groups excluding carboxylic acids is 1. The maximum atomic E-state index is 13.0. The van der Waals surface area contributed by atoms with Crippen LogP contribution in [0.1, 0.15) is 37.9 Å². The van der Waals surface area contributed by atoms with Gasteiger partial charge in [0.1, 0.15) is 0 Å². The van der Waals surface area contributed by atoms with Gasteiger partial charge < -0.3 is 5.32 Å². The van der Waals surface area contributed by atoms with Crippen LogP contribution in [0.2, 0.25) is 0 Å². The molecule has 1 aromatic rings. The van der Waals surface area contributed by atoms with Gasteiger partial charge in [-0.25, -0.2) is 4.99 Å². The van der Waals surface area contributed by atoms with Crippen LogP contribution in [0.3, 0.4) is 0 Å². The maximum Gasteiger partial charge on any atom is 0.416 e. The smallest absolute Gasteiger partial charge is 0.351 e. The fraction of sp³-hybridized carbons (Fsp3) is 0.429. The van der Waals surface area contributed by atoms with Crippen LogP contribution in [0.5, 0.6) is 0 Å². The number of amides is 1. The van der Waals surface area contributed by atoms with Crippen molar-refractivity contribution in [2.24, 2.45) is 4.99 Å². The van der Waals surface area contributed by atoms with Crippen LogP contribution < -0.4 is 10.6 Å². The summed E-state index contributed by atoms with van der Waals surface area (Å²) < 4.78 is 39.0. The first-order valence-electron chi connectivity index (χ1n) is 6.41. The zero-order valence-electron chi connectivity index (χ0n) is 11.9. The molecule has 114 valence electrons. The normalized spacial score (nSPS) is 19.2. The monoisotopic (exact) mass is 299 g/mol. The fourth-order valence-corrected chi connectivity index (χ4v) is 2.03. The number of alkyl halides is 3. The molecule has 0 radical (unpaired) electrons. The van der Waals surface area contributed by atoms with Crippen molar-refractivity contribution in [2.45, 2.75) is 38.5 Å². The standard InChI is InChI=1S/C14H16F3N3O/c1-13(2,3)20-12-18-10(11(21)19-12)8-6-4-5-7-9(8)14(15,16)17/h4-7,10H,1-3H3,(H2,18,19,20,21). The predicted octanol–water partition coefficient (Wildman–Crippen LogP) is 2.62. The summed E-state index contributed by atoms with van der Waals surface area (Å²) in [7, 11) is 0. The molecule has 0 aromatic heterocycles. The third-order valence-electron chi connectivity index (χ3n) is 2.80. The Kier molecular flexibility index (Phi) is 3.69. The average Bonchev–Trinajstić information content (AvgIpc) is 2.66. The van der Waals surface area contributed by atoms with E-state index < -0.39 is 23.7 Å². The van der Waals surface area contributed by atoms with E-state index in [0.29, 0.717) is 0 Å². The second kappa shape index (κ2) is 5.05. The van der Waals surface area contributed by atoms with Gasteiger partial charge in [-0.15, -0.1) is 0 Å². The van der Waals surface area contributed by atoms with Crippen molar-refractivity contribution in [2.75, 3.05) is 0 Å². The van der Waals surface area contributed by atoms with E-state index in [2.05, 4.69) is 15.6 Å². The molecule has 0 saturated heterocycles. The van der Waals surface area contributed by atoms with Crippen LogP contribution in [0.15, 0.2) is 29.3 Å². The largest absolute Gasteiger partial charge is 0.416 e. The Morgan fingerprint density at radius 1 is 1.19 bits per heavy atom. The maximum absolute atomic E-state index is 13.0. The Hall–Kier alpha value is -2.05. The second-order valence-electron chi connectivity index (χ2n) is 5.83. The van der Waals surface area contributed by atoms with E-state index in [1.165, 1.54) is 18.2 Å². The molecule has 1 atom stereocenters. The number of benzene rings is 1.